The van der Waals surface area contributed by atoms with Crippen molar-refractivity contribution in [3.05, 3.63) is 101 Å². The third-order valence-electron chi connectivity index (χ3n) is 4.78. The molecule has 0 aliphatic carbocycles. The van der Waals surface area contributed by atoms with Crippen molar-refractivity contribution in [2.24, 2.45) is 4.99 Å². The molecule has 30 heavy (non-hydrogen) atoms. The summed E-state index contributed by atoms with van der Waals surface area (Å²) in [5, 5.41) is 0.600. The van der Waals surface area contributed by atoms with Crippen molar-refractivity contribution < 1.29 is 13.9 Å². The Morgan fingerprint density at radius 3 is 2.50 bits per heavy atom. The Bertz CT molecular complexity index is 1340. The zero-order chi connectivity index (χ0) is 21.4. The molecule has 0 radical (unpaired) electrons. The van der Waals surface area contributed by atoms with Crippen molar-refractivity contribution in [2.45, 2.75) is 13.0 Å². The molecule has 0 amide bonds. The van der Waals surface area contributed by atoms with Gasteiger partial charge in [0.1, 0.15) is 5.82 Å². The largest absolute Gasteiger partial charge is 0.466 e. The van der Waals surface area contributed by atoms with Crippen molar-refractivity contribution in [1.82, 2.24) is 4.57 Å². The number of benzene rings is 2. The Kier molecular flexibility index (Phi) is 5.40. The zero-order valence-corrected chi connectivity index (χ0v) is 17.6. The van der Waals surface area contributed by atoms with Gasteiger partial charge in [0.15, 0.2) is 4.80 Å². The number of fused-ring (bicyclic) bond motifs is 1. The van der Waals surface area contributed by atoms with Crippen LogP contribution in [0.3, 0.4) is 0 Å². The minimum absolute atomic E-state index is 0.245. The first kappa shape index (κ1) is 20.3. The lowest BCUT2D eigenvalue weighted by atomic mass is 9.96. The molecule has 1 aliphatic heterocycles. The summed E-state index contributed by atoms with van der Waals surface area (Å²) in [5.74, 6) is -0.994. The Morgan fingerprint density at radius 1 is 1.20 bits per heavy atom. The van der Waals surface area contributed by atoms with Gasteiger partial charge in [-0.1, -0.05) is 47.2 Å². The first-order chi connectivity index (χ1) is 14.4. The average molecular weight is 443 g/mol. The number of carbonyl (C=O) groups excluding carboxylic acids is 1. The van der Waals surface area contributed by atoms with Crippen LogP contribution >= 0.6 is 22.9 Å². The van der Waals surface area contributed by atoms with Crippen LogP contribution in [0, 0.1) is 5.82 Å². The molecule has 0 bridgehead atoms. The molecular weight excluding hydrogens is 427 g/mol. The molecule has 1 aromatic heterocycles. The highest BCUT2D eigenvalue weighted by Gasteiger charge is 2.33. The van der Waals surface area contributed by atoms with Crippen molar-refractivity contribution in [2.75, 3.05) is 7.11 Å². The number of esters is 1. The molecule has 0 N–H and O–H groups in total. The molecule has 2 heterocycles. The second-order valence-corrected chi connectivity index (χ2v) is 8.12. The van der Waals surface area contributed by atoms with Crippen LogP contribution in [-0.2, 0) is 9.53 Å². The third kappa shape index (κ3) is 3.62. The summed E-state index contributed by atoms with van der Waals surface area (Å²) in [4.78, 5) is 30.8. The van der Waals surface area contributed by atoms with Gasteiger partial charge in [0.05, 0.1) is 29.0 Å². The standard InChI is InChI=1S/C22H16ClFN2O3S/c1-12-18(21(28)29-2)19(14-5-9-16(24)10-6-14)26-20(27)17(30-22(26)25-12)11-13-3-7-15(23)8-4-13/h3-11,19H,1-2H3. The van der Waals surface area contributed by atoms with Crippen LogP contribution in [0.1, 0.15) is 24.1 Å². The molecule has 5 nitrogen and oxygen atoms in total. The molecule has 2 aromatic carbocycles. The van der Waals surface area contributed by atoms with E-state index in [1.54, 1.807) is 37.3 Å². The van der Waals surface area contributed by atoms with Gasteiger partial charge in [0, 0.05) is 5.02 Å². The predicted octanol–water partition coefficient (Wildman–Crippen LogP) is 3.20. The van der Waals surface area contributed by atoms with E-state index >= 15 is 0 Å². The number of methoxy groups -OCH3 is 1. The molecule has 4 rings (SSSR count). The highest BCUT2D eigenvalue weighted by Crippen LogP contribution is 2.30. The van der Waals surface area contributed by atoms with Gasteiger partial charge in [0.2, 0.25) is 0 Å². The number of ether oxygens (including phenoxy) is 1. The number of halogens is 2. The number of nitrogens with zero attached hydrogens (tertiary/aromatic N) is 2. The van der Waals surface area contributed by atoms with E-state index in [9.17, 15) is 14.0 Å². The van der Waals surface area contributed by atoms with E-state index in [-0.39, 0.29) is 11.1 Å². The Labute approximate surface area is 180 Å². The van der Waals surface area contributed by atoms with Gasteiger partial charge in [0.25, 0.3) is 5.56 Å². The van der Waals surface area contributed by atoms with Gasteiger partial charge >= 0.3 is 5.97 Å². The number of hydrogen-bond acceptors (Lipinski definition) is 5. The lowest BCUT2D eigenvalue weighted by molar-refractivity contribution is -0.136. The van der Waals surface area contributed by atoms with E-state index in [2.05, 4.69) is 4.99 Å². The number of allylic oxidation sites excluding steroid dienone is 1. The quantitative estimate of drug-likeness (QED) is 0.585. The molecule has 1 unspecified atom stereocenters. The van der Waals surface area contributed by atoms with Crippen LogP contribution in [-0.4, -0.2) is 17.6 Å². The van der Waals surface area contributed by atoms with Crippen molar-refractivity contribution in [1.29, 1.82) is 0 Å². The maximum atomic E-state index is 13.5. The molecule has 0 saturated heterocycles. The minimum Gasteiger partial charge on any atom is -0.466 e. The van der Waals surface area contributed by atoms with Gasteiger partial charge in [-0.2, -0.15) is 0 Å². The number of hydrogen-bond donors (Lipinski definition) is 0. The van der Waals surface area contributed by atoms with Crippen LogP contribution in [0.15, 0.2) is 69.6 Å². The van der Waals surface area contributed by atoms with Gasteiger partial charge in [-0.05, 0) is 48.4 Å². The van der Waals surface area contributed by atoms with Gasteiger partial charge in [-0.15, -0.1) is 0 Å². The molecule has 0 saturated carbocycles. The molecule has 3 aromatic rings. The van der Waals surface area contributed by atoms with E-state index in [1.807, 2.05) is 12.1 Å². The summed E-state index contributed by atoms with van der Waals surface area (Å²) in [6, 6.07) is 12.0. The summed E-state index contributed by atoms with van der Waals surface area (Å²) in [6.07, 6.45) is 1.75. The number of carbonyl (C=O) groups is 1. The number of thiazole rings is 1. The van der Waals surface area contributed by atoms with E-state index in [0.717, 1.165) is 5.56 Å². The molecule has 8 heteroatoms. The SMILES string of the molecule is COC(=O)C1=C(C)N=c2sc(=Cc3ccc(Cl)cc3)c(=O)n2C1c1ccc(F)cc1. The Morgan fingerprint density at radius 2 is 1.87 bits per heavy atom. The van der Waals surface area contributed by atoms with Crippen LogP contribution in [0.4, 0.5) is 4.39 Å². The normalized spacial score (nSPS) is 16.3. The minimum atomic E-state index is -0.762. The highest BCUT2D eigenvalue weighted by atomic mass is 35.5. The summed E-state index contributed by atoms with van der Waals surface area (Å²) >= 11 is 7.16. The molecule has 1 atom stereocenters. The van der Waals surface area contributed by atoms with Crippen molar-refractivity contribution in [3.8, 4) is 0 Å². The monoisotopic (exact) mass is 442 g/mol. The third-order valence-corrected chi connectivity index (χ3v) is 6.02. The highest BCUT2D eigenvalue weighted by molar-refractivity contribution is 7.07. The molecule has 0 spiro atoms. The molecule has 0 fully saturated rings. The molecular formula is C22H16ClFN2O3S. The summed E-state index contributed by atoms with van der Waals surface area (Å²) in [6.45, 7) is 1.69. The van der Waals surface area contributed by atoms with Crippen LogP contribution in [0.2, 0.25) is 5.02 Å². The summed E-state index contributed by atoms with van der Waals surface area (Å²) in [7, 11) is 1.27. The van der Waals surface area contributed by atoms with Gasteiger partial charge in [-0.3, -0.25) is 9.36 Å². The van der Waals surface area contributed by atoms with E-state index in [4.69, 9.17) is 16.3 Å². The smallest absolute Gasteiger partial charge is 0.338 e. The zero-order valence-electron chi connectivity index (χ0n) is 16.1. The van der Waals surface area contributed by atoms with E-state index < -0.39 is 17.8 Å². The molecule has 1 aliphatic rings. The second kappa shape index (κ2) is 8.01. The Hall–Kier alpha value is -3.03. The maximum absolute atomic E-state index is 13.5. The summed E-state index contributed by atoms with van der Waals surface area (Å²) in [5.41, 5.74) is 1.80. The fraction of sp³-hybridized carbons (Fsp3) is 0.136. The van der Waals surface area contributed by atoms with Gasteiger partial charge < -0.3 is 4.74 Å². The first-order valence-electron chi connectivity index (χ1n) is 9.01. The van der Waals surface area contributed by atoms with Crippen LogP contribution in [0.5, 0.6) is 0 Å². The maximum Gasteiger partial charge on any atom is 0.338 e. The molecule has 152 valence electrons. The topological polar surface area (TPSA) is 60.7 Å². The van der Waals surface area contributed by atoms with E-state index in [1.165, 1.54) is 35.1 Å². The lowest BCUT2D eigenvalue weighted by Crippen LogP contribution is -2.39. The Balaban J connectivity index is 1.96. The number of rotatable bonds is 3. The average Bonchev–Trinajstić information content (AvgIpc) is 3.03. The van der Waals surface area contributed by atoms with Crippen LogP contribution in [0.25, 0.3) is 6.08 Å². The van der Waals surface area contributed by atoms with Crippen molar-refractivity contribution >= 4 is 35.0 Å². The summed E-state index contributed by atoms with van der Waals surface area (Å²) < 4.78 is 20.4. The second-order valence-electron chi connectivity index (χ2n) is 6.68. The number of aromatic nitrogens is 1. The first-order valence-corrected chi connectivity index (χ1v) is 10.2. The fourth-order valence-corrected chi connectivity index (χ4v) is 4.54. The fourth-order valence-electron chi connectivity index (χ4n) is 3.36. The van der Waals surface area contributed by atoms with Crippen molar-refractivity contribution in [3.63, 3.8) is 0 Å². The lowest BCUT2D eigenvalue weighted by Gasteiger charge is -2.24. The van der Waals surface area contributed by atoms with E-state index in [0.29, 0.717) is 25.6 Å². The van der Waals surface area contributed by atoms with Crippen LogP contribution < -0.4 is 14.9 Å². The predicted molar refractivity (Wildman–Crippen MR) is 114 cm³/mol. The van der Waals surface area contributed by atoms with Gasteiger partial charge in [-0.25, -0.2) is 14.2 Å².